The van der Waals surface area contributed by atoms with Gasteiger partial charge in [-0.3, -0.25) is 0 Å². The Morgan fingerprint density at radius 2 is 1.95 bits per heavy atom. The van der Waals surface area contributed by atoms with Crippen molar-refractivity contribution in [1.29, 1.82) is 0 Å². The molecule has 0 aromatic rings. The molecule has 0 spiro atoms. The summed E-state index contributed by atoms with van der Waals surface area (Å²) in [5, 5.41) is 10.00. The molecule has 2 fully saturated rings. The van der Waals surface area contributed by atoms with Crippen molar-refractivity contribution in [2.75, 3.05) is 0 Å². The van der Waals surface area contributed by atoms with Crippen molar-refractivity contribution >= 4 is 0 Å². The molecule has 4 aliphatic carbocycles. The van der Waals surface area contributed by atoms with Crippen LogP contribution in [0, 0.1) is 28.6 Å². The Labute approximate surface area is 123 Å². The van der Waals surface area contributed by atoms with Gasteiger partial charge in [-0.05, 0) is 73.5 Å². The lowest BCUT2D eigenvalue weighted by Crippen LogP contribution is -2.49. The summed E-state index contributed by atoms with van der Waals surface area (Å²) in [7, 11) is 0. The minimum Gasteiger partial charge on any atom is -0.393 e. The van der Waals surface area contributed by atoms with Crippen LogP contribution in [0.3, 0.4) is 0 Å². The SMILES string of the molecule is C[C@]12CC[C@H](O)CC1=CC[C@H]1[C@@H]2CC[C@@]2(C)C=CC[C@@H]12. The van der Waals surface area contributed by atoms with Gasteiger partial charge in [-0.15, -0.1) is 0 Å². The molecule has 20 heavy (non-hydrogen) atoms. The topological polar surface area (TPSA) is 20.2 Å². The monoisotopic (exact) mass is 272 g/mol. The second-order valence-electron chi connectivity index (χ2n) is 8.34. The second kappa shape index (κ2) is 4.22. The smallest absolute Gasteiger partial charge is 0.0577 e. The summed E-state index contributed by atoms with van der Waals surface area (Å²) in [6.07, 6.45) is 15.9. The van der Waals surface area contributed by atoms with E-state index in [1.807, 2.05) is 0 Å². The average molecular weight is 272 g/mol. The lowest BCUT2D eigenvalue weighted by atomic mass is 9.48. The van der Waals surface area contributed by atoms with E-state index < -0.39 is 0 Å². The standard InChI is InChI=1S/C19H28O/c1-18-9-3-4-16(18)15-6-5-13-12-14(20)7-11-19(13,2)17(15)8-10-18/h3,5,9,14-17,20H,4,6-8,10-12H2,1-2H3/t14-,15+,16-,17-,18+,19-/m0/s1. The van der Waals surface area contributed by atoms with Crippen molar-refractivity contribution in [1.82, 2.24) is 0 Å². The van der Waals surface area contributed by atoms with Crippen molar-refractivity contribution in [3.63, 3.8) is 0 Å². The van der Waals surface area contributed by atoms with Crippen molar-refractivity contribution in [2.45, 2.75) is 64.9 Å². The number of allylic oxidation sites excluding steroid dienone is 3. The van der Waals surface area contributed by atoms with Crippen LogP contribution in [-0.2, 0) is 0 Å². The van der Waals surface area contributed by atoms with E-state index in [0.29, 0.717) is 10.8 Å². The molecule has 1 nitrogen and oxygen atoms in total. The van der Waals surface area contributed by atoms with Crippen LogP contribution in [0.1, 0.15) is 58.8 Å². The fourth-order valence-corrected chi connectivity index (χ4v) is 6.12. The number of hydrogen-bond acceptors (Lipinski definition) is 1. The lowest BCUT2D eigenvalue weighted by molar-refractivity contribution is -0.0263. The van der Waals surface area contributed by atoms with Crippen LogP contribution in [0.2, 0.25) is 0 Å². The van der Waals surface area contributed by atoms with Gasteiger partial charge in [0.1, 0.15) is 0 Å². The van der Waals surface area contributed by atoms with Crippen molar-refractivity contribution in [3.8, 4) is 0 Å². The van der Waals surface area contributed by atoms with Gasteiger partial charge in [-0.1, -0.05) is 37.6 Å². The molecule has 1 heteroatoms. The van der Waals surface area contributed by atoms with Gasteiger partial charge >= 0.3 is 0 Å². The van der Waals surface area contributed by atoms with E-state index in [9.17, 15) is 5.11 Å². The third-order valence-corrected chi connectivity index (χ3v) is 7.40. The molecule has 0 aromatic heterocycles. The zero-order chi connectivity index (χ0) is 14.0. The third-order valence-electron chi connectivity index (χ3n) is 7.40. The molecule has 1 N–H and O–H groups in total. The molecule has 0 radical (unpaired) electrons. The molecule has 0 aliphatic heterocycles. The Morgan fingerprint density at radius 1 is 1.10 bits per heavy atom. The highest BCUT2D eigenvalue weighted by Crippen LogP contribution is 2.63. The van der Waals surface area contributed by atoms with E-state index >= 15 is 0 Å². The molecular formula is C19H28O. The summed E-state index contributed by atoms with van der Waals surface area (Å²) in [5.74, 6) is 2.63. The fraction of sp³-hybridized carbons (Fsp3) is 0.789. The zero-order valence-electron chi connectivity index (χ0n) is 12.9. The molecule has 0 unspecified atom stereocenters. The van der Waals surface area contributed by atoms with Crippen LogP contribution in [0.15, 0.2) is 23.8 Å². The minimum atomic E-state index is -0.0760. The Bertz CT molecular complexity index is 476. The molecule has 110 valence electrons. The highest BCUT2D eigenvalue weighted by Gasteiger charge is 2.54. The molecule has 0 amide bonds. The van der Waals surface area contributed by atoms with E-state index in [0.717, 1.165) is 30.6 Å². The summed E-state index contributed by atoms with van der Waals surface area (Å²) >= 11 is 0. The Balaban J connectivity index is 1.68. The van der Waals surface area contributed by atoms with Crippen LogP contribution in [-0.4, -0.2) is 11.2 Å². The van der Waals surface area contributed by atoms with Crippen LogP contribution in [0.25, 0.3) is 0 Å². The van der Waals surface area contributed by atoms with Crippen LogP contribution in [0.4, 0.5) is 0 Å². The number of aliphatic hydroxyl groups is 1. The largest absolute Gasteiger partial charge is 0.393 e. The number of aliphatic hydroxyl groups excluding tert-OH is 1. The molecule has 0 heterocycles. The zero-order valence-corrected chi connectivity index (χ0v) is 12.9. The third kappa shape index (κ3) is 1.65. The number of fused-ring (bicyclic) bond motifs is 5. The first-order valence-electron chi connectivity index (χ1n) is 8.58. The van der Waals surface area contributed by atoms with Gasteiger partial charge in [0.15, 0.2) is 0 Å². The molecule has 6 atom stereocenters. The summed E-state index contributed by atoms with van der Waals surface area (Å²) in [5.41, 5.74) is 2.47. The molecule has 4 aliphatic rings. The first-order chi connectivity index (χ1) is 9.53. The van der Waals surface area contributed by atoms with Crippen molar-refractivity contribution < 1.29 is 5.11 Å². The van der Waals surface area contributed by atoms with Crippen LogP contribution >= 0.6 is 0 Å². The maximum Gasteiger partial charge on any atom is 0.0577 e. The van der Waals surface area contributed by atoms with Crippen molar-refractivity contribution in [2.24, 2.45) is 28.6 Å². The normalized spacial score (nSPS) is 53.9. The average Bonchev–Trinajstić information content (AvgIpc) is 2.81. The molecule has 0 aromatic carbocycles. The lowest BCUT2D eigenvalue weighted by Gasteiger charge is -2.57. The fourth-order valence-electron chi connectivity index (χ4n) is 6.12. The van der Waals surface area contributed by atoms with Gasteiger partial charge < -0.3 is 5.11 Å². The molecular weight excluding hydrogens is 244 g/mol. The van der Waals surface area contributed by atoms with E-state index in [1.54, 1.807) is 5.57 Å². The Hall–Kier alpha value is -0.560. The van der Waals surface area contributed by atoms with Crippen LogP contribution < -0.4 is 0 Å². The first kappa shape index (κ1) is 13.1. The quantitative estimate of drug-likeness (QED) is 0.645. The summed E-state index contributed by atoms with van der Waals surface area (Å²) in [6, 6.07) is 0. The van der Waals surface area contributed by atoms with E-state index in [-0.39, 0.29) is 6.10 Å². The van der Waals surface area contributed by atoms with Crippen LogP contribution in [0.5, 0.6) is 0 Å². The summed E-state index contributed by atoms with van der Waals surface area (Å²) in [6.45, 7) is 5.00. The first-order valence-corrected chi connectivity index (χ1v) is 8.58. The second-order valence-corrected chi connectivity index (χ2v) is 8.34. The molecule has 0 bridgehead atoms. The predicted molar refractivity (Wildman–Crippen MR) is 82.2 cm³/mol. The van der Waals surface area contributed by atoms with Gasteiger partial charge in [0, 0.05) is 0 Å². The van der Waals surface area contributed by atoms with Crippen molar-refractivity contribution in [3.05, 3.63) is 23.8 Å². The van der Waals surface area contributed by atoms with Gasteiger partial charge in [0.2, 0.25) is 0 Å². The minimum absolute atomic E-state index is 0.0760. The maximum atomic E-state index is 10.00. The van der Waals surface area contributed by atoms with Gasteiger partial charge in [0.05, 0.1) is 6.10 Å². The van der Waals surface area contributed by atoms with Gasteiger partial charge in [-0.2, -0.15) is 0 Å². The predicted octanol–water partition coefficient (Wildman–Crippen LogP) is 4.48. The Kier molecular flexibility index (Phi) is 2.77. The highest BCUT2D eigenvalue weighted by molar-refractivity contribution is 5.26. The van der Waals surface area contributed by atoms with E-state index in [2.05, 4.69) is 32.1 Å². The summed E-state index contributed by atoms with van der Waals surface area (Å²) in [4.78, 5) is 0. The van der Waals surface area contributed by atoms with Gasteiger partial charge in [0.25, 0.3) is 0 Å². The molecule has 2 saturated carbocycles. The molecule has 4 rings (SSSR count). The maximum absolute atomic E-state index is 10.00. The Morgan fingerprint density at radius 3 is 2.80 bits per heavy atom. The number of rotatable bonds is 0. The molecule has 0 saturated heterocycles. The van der Waals surface area contributed by atoms with E-state index in [4.69, 9.17) is 0 Å². The van der Waals surface area contributed by atoms with Gasteiger partial charge in [-0.25, -0.2) is 0 Å². The summed E-state index contributed by atoms with van der Waals surface area (Å²) < 4.78 is 0. The number of hydrogen-bond donors (Lipinski definition) is 1. The van der Waals surface area contributed by atoms with E-state index in [1.165, 1.54) is 32.1 Å². The highest BCUT2D eigenvalue weighted by atomic mass is 16.3.